The second-order valence-corrected chi connectivity index (χ2v) is 6.09. The zero-order valence-electron chi connectivity index (χ0n) is 10.8. The lowest BCUT2D eigenvalue weighted by atomic mass is 10.2. The molecular formula is C12H12ClN5O2S. The van der Waals surface area contributed by atoms with Crippen LogP contribution in [0.1, 0.15) is 24.4 Å². The van der Waals surface area contributed by atoms with Crippen LogP contribution in [0, 0.1) is 0 Å². The van der Waals surface area contributed by atoms with Crippen LogP contribution in [0.5, 0.6) is 0 Å². The van der Waals surface area contributed by atoms with Crippen molar-refractivity contribution in [1.29, 1.82) is 0 Å². The Labute approximate surface area is 128 Å². The molecule has 7 nitrogen and oxygen atoms in total. The van der Waals surface area contributed by atoms with Gasteiger partial charge in [0.15, 0.2) is 11.0 Å². The fourth-order valence-corrected chi connectivity index (χ4v) is 3.23. The van der Waals surface area contributed by atoms with E-state index in [1.165, 1.54) is 11.8 Å². The highest BCUT2D eigenvalue weighted by Crippen LogP contribution is 2.38. The summed E-state index contributed by atoms with van der Waals surface area (Å²) < 4.78 is 1.66. The Bertz CT molecular complexity index is 765. The maximum absolute atomic E-state index is 11.7. The molecular weight excluding hydrogens is 314 g/mol. The smallest absolute Gasteiger partial charge is 0.344 e. The molecule has 1 aromatic heterocycles. The third-order valence-electron chi connectivity index (χ3n) is 3.12. The summed E-state index contributed by atoms with van der Waals surface area (Å²) in [5.74, 6) is -0.0498. The number of rotatable bonds is 4. The quantitative estimate of drug-likeness (QED) is 0.344. The van der Waals surface area contributed by atoms with Crippen LogP contribution in [-0.2, 0) is 0 Å². The third-order valence-corrected chi connectivity index (χ3v) is 4.39. The van der Waals surface area contributed by atoms with Gasteiger partial charge in [-0.25, -0.2) is 9.89 Å². The number of oxime groups is 1. The molecule has 0 amide bonds. The molecule has 110 valence electrons. The molecule has 1 aromatic carbocycles. The molecule has 0 atom stereocenters. The molecule has 4 N–H and O–H groups in total. The minimum Gasteiger partial charge on any atom is -0.409 e. The Morgan fingerprint density at radius 2 is 2.33 bits per heavy atom. The highest BCUT2D eigenvalue weighted by atomic mass is 35.5. The van der Waals surface area contributed by atoms with E-state index in [1.54, 1.807) is 22.8 Å². The fraction of sp³-hybridized carbons (Fsp3) is 0.250. The second-order valence-electron chi connectivity index (χ2n) is 4.64. The Kier molecular flexibility index (Phi) is 3.64. The Morgan fingerprint density at radius 1 is 1.57 bits per heavy atom. The van der Waals surface area contributed by atoms with Crippen LogP contribution >= 0.6 is 23.4 Å². The first-order valence-corrected chi connectivity index (χ1v) is 7.42. The Hall–Kier alpha value is -1.93. The van der Waals surface area contributed by atoms with Crippen LogP contribution in [0.3, 0.4) is 0 Å². The van der Waals surface area contributed by atoms with Gasteiger partial charge in [-0.05, 0) is 42.8 Å². The molecule has 1 fully saturated rings. The van der Waals surface area contributed by atoms with Crippen molar-refractivity contribution >= 4 is 29.2 Å². The minimum absolute atomic E-state index is 0.0498. The van der Waals surface area contributed by atoms with E-state index in [0.29, 0.717) is 15.7 Å². The highest BCUT2D eigenvalue weighted by molar-refractivity contribution is 7.99. The van der Waals surface area contributed by atoms with Crippen molar-refractivity contribution in [3.8, 4) is 0 Å². The van der Waals surface area contributed by atoms with E-state index >= 15 is 0 Å². The molecule has 0 spiro atoms. The van der Waals surface area contributed by atoms with Gasteiger partial charge in [0.1, 0.15) is 0 Å². The number of hydrogen-bond donors (Lipinski definition) is 3. The average Bonchev–Trinajstić information content (AvgIpc) is 3.23. The lowest BCUT2D eigenvalue weighted by Gasteiger charge is -2.06. The van der Waals surface area contributed by atoms with Crippen molar-refractivity contribution in [2.45, 2.75) is 28.9 Å². The summed E-state index contributed by atoms with van der Waals surface area (Å²) in [5.41, 5.74) is 5.77. The van der Waals surface area contributed by atoms with Crippen molar-refractivity contribution in [3.05, 3.63) is 39.3 Å². The highest BCUT2D eigenvalue weighted by Gasteiger charge is 2.28. The molecule has 3 rings (SSSR count). The molecule has 9 heteroatoms. The number of aromatic amines is 1. The molecule has 1 saturated carbocycles. The first kappa shape index (κ1) is 14.0. The molecule has 21 heavy (non-hydrogen) atoms. The topological polar surface area (TPSA) is 109 Å². The summed E-state index contributed by atoms with van der Waals surface area (Å²) in [6.45, 7) is 0. The number of nitrogens with zero attached hydrogens (tertiary/aromatic N) is 3. The summed E-state index contributed by atoms with van der Waals surface area (Å²) in [5, 5.41) is 19.1. The predicted molar refractivity (Wildman–Crippen MR) is 79.2 cm³/mol. The van der Waals surface area contributed by atoms with Crippen molar-refractivity contribution in [2.75, 3.05) is 0 Å². The van der Waals surface area contributed by atoms with Gasteiger partial charge in [-0.3, -0.25) is 4.57 Å². The lowest BCUT2D eigenvalue weighted by molar-refractivity contribution is 0.318. The zero-order chi connectivity index (χ0) is 15.0. The average molecular weight is 326 g/mol. The van der Waals surface area contributed by atoms with Crippen LogP contribution in [0.2, 0.25) is 5.02 Å². The van der Waals surface area contributed by atoms with E-state index in [1.807, 2.05) is 0 Å². The van der Waals surface area contributed by atoms with E-state index in [9.17, 15) is 4.79 Å². The molecule has 0 saturated heterocycles. The fourth-order valence-electron chi connectivity index (χ4n) is 1.94. The van der Waals surface area contributed by atoms with Gasteiger partial charge in [0.2, 0.25) is 0 Å². The summed E-state index contributed by atoms with van der Waals surface area (Å²) in [6, 6.07) is 5.37. The monoisotopic (exact) mass is 325 g/mol. The van der Waals surface area contributed by atoms with Crippen LogP contribution in [0.4, 0.5) is 0 Å². The van der Waals surface area contributed by atoms with Gasteiger partial charge in [0.05, 0.1) is 5.02 Å². The zero-order valence-corrected chi connectivity index (χ0v) is 12.4. The van der Waals surface area contributed by atoms with Crippen molar-refractivity contribution in [1.82, 2.24) is 14.8 Å². The number of H-pyrrole nitrogens is 1. The first-order chi connectivity index (χ1) is 10.1. The number of hydrogen-bond acceptors (Lipinski definition) is 5. The first-order valence-electron chi connectivity index (χ1n) is 6.22. The van der Waals surface area contributed by atoms with Gasteiger partial charge in [0.25, 0.3) is 0 Å². The van der Waals surface area contributed by atoms with E-state index in [2.05, 4.69) is 15.4 Å². The molecule has 1 aliphatic rings. The standard InChI is InChI=1S/C12H12ClN5O2S/c13-9-5-7(3-4-8(9)10(14)17-20)21-12-16-15-11(19)18(12)6-1-2-6/h3-6,20H,1-2H2,(H2,14,17)(H,15,19). The molecule has 0 aliphatic heterocycles. The number of nitrogens with two attached hydrogens (primary N) is 1. The largest absolute Gasteiger partial charge is 0.409 e. The van der Waals surface area contributed by atoms with Crippen LogP contribution in [0.15, 0.2) is 38.2 Å². The third kappa shape index (κ3) is 2.77. The molecule has 2 aromatic rings. The Balaban J connectivity index is 1.89. The number of benzene rings is 1. The van der Waals surface area contributed by atoms with Crippen LogP contribution < -0.4 is 11.4 Å². The van der Waals surface area contributed by atoms with Crippen LogP contribution in [0.25, 0.3) is 0 Å². The van der Waals surface area contributed by atoms with Crippen molar-refractivity contribution in [3.63, 3.8) is 0 Å². The normalized spacial score (nSPS) is 15.4. The molecule has 0 bridgehead atoms. The molecule has 1 heterocycles. The maximum Gasteiger partial charge on any atom is 0.344 e. The van der Waals surface area contributed by atoms with Gasteiger partial charge in [-0.2, -0.15) is 0 Å². The second kappa shape index (κ2) is 5.45. The molecule has 0 radical (unpaired) electrons. The number of nitrogens with one attached hydrogen (secondary N) is 1. The maximum atomic E-state index is 11.7. The van der Waals surface area contributed by atoms with Gasteiger partial charge in [-0.1, -0.05) is 16.8 Å². The minimum atomic E-state index is -0.195. The number of halogens is 1. The van der Waals surface area contributed by atoms with Gasteiger partial charge < -0.3 is 10.9 Å². The summed E-state index contributed by atoms with van der Waals surface area (Å²) in [6.07, 6.45) is 1.99. The van der Waals surface area contributed by atoms with Gasteiger partial charge >= 0.3 is 5.69 Å². The predicted octanol–water partition coefficient (Wildman–Crippen LogP) is 1.81. The number of amidine groups is 1. The number of aromatic nitrogens is 3. The summed E-state index contributed by atoms with van der Waals surface area (Å²) in [4.78, 5) is 12.5. The van der Waals surface area contributed by atoms with Crippen LogP contribution in [-0.4, -0.2) is 25.8 Å². The lowest BCUT2D eigenvalue weighted by Crippen LogP contribution is -2.16. The van der Waals surface area contributed by atoms with E-state index < -0.39 is 0 Å². The van der Waals surface area contributed by atoms with Gasteiger partial charge in [0, 0.05) is 16.5 Å². The summed E-state index contributed by atoms with van der Waals surface area (Å²) >= 11 is 7.45. The SMILES string of the molecule is NC(=NO)c1ccc(Sc2n[nH]c(=O)n2C2CC2)cc1Cl. The van der Waals surface area contributed by atoms with E-state index in [0.717, 1.165) is 17.7 Å². The van der Waals surface area contributed by atoms with E-state index in [-0.39, 0.29) is 17.6 Å². The van der Waals surface area contributed by atoms with Crippen molar-refractivity contribution < 1.29 is 5.21 Å². The van der Waals surface area contributed by atoms with Gasteiger partial charge in [-0.15, -0.1) is 5.10 Å². The Morgan fingerprint density at radius 3 is 2.95 bits per heavy atom. The molecule has 0 unspecified atom stereocenters. The van der Waals surface area contributed by atoms with Crippen molar-refractivity contribution in [2.24, 2.45) is 10.9 Å². The van der Waals surface area contributed by atoms with E-state index in [4.69, 9.17) is 22.5 Å². The molecule has 1 aliphatic carbocycles. The summed E-state index contributed by atoms with van der Waals surface area (Å²) in [7, 11) is 0.